The van der Waals surface area contributed by atoms with Crippen LogP contribution in [0.5, 0.6) is 11.5 Å². The zero-order chi connectivity index (χ0) is 30.5. The van der Waals surface area contributed by atoms with E-state index in [9.17, 15) is 0 Å². The molecular formula is C45H30O. The van der Waals surface area contributed by atoms with Gasteiger partial charge >= 0.3 is 0 Å². The molecule has 1 unspecified atom stereocenters. The first-order valence-corrected chi connectivity index (χ1v) is 16.1. The third-order valence-electron chi connectivity index (χ3n) is 10.8. The summed E-state index contributed by atoms with van der Waals surface area (Å²) in [6, 6.07) is 60.1. The molecule has 0 radical (unpaired) electrons. The Morgan fingerprint density at radius 2 is 0.826 bits per heavy atom. The predicted octanol–water partition coefficient (Wildman–Crippen LogP) is 11.2. The van der Waals surface area contributed by atoms with E-state index < -0.39 is 0 Å². The quantitative estimate of drug-likeness (QED) is 0.196. The third-order valence-corrected chi connectivity index (χ3v) is 10.8. The number of benzene rings is 7. The van der Waals surface area contributed by atoms with Gasteiger partial charge in [-0.2, -0.15) is 0 Å². The van der Waals surface area contributed by atoms with Crippen LogP contribution in [-0.4, -0.2) is 0 Å². The van der Waals surface area contributed by atoms with Gasteiger partial charge in [-0.25, -0.2) is 0 Å². The van der Waals surface area contributed by atoms with E-state index in [1.165, 1.54) is 66.8 Å². The molecule has 2 aliphatic carbocycles. The van der Waals surface area contributed by atoms with Crippen molar-refractivity contribution in [2.75, 3.05) is 0 Å². The molecule has 0 saturated carbocycles. The average Bonchev–Trinajstić information content (AvgIpc) is 3.59. The van der Waals surface area contributed by atoms with Gasteiger partial charge in [0.05, 0.1) is 5.41 Å². The van der Waals surface area contributed by atoms with Crippen molar-refractivity contribution in [1.82, 2.24) is 0 Å². The van der Waals surface area contributed by atoms with E-state index in [4.69, 9.17) is 4.74 Å². The molecule has 1 nitrogen and oxygen atoms in total. The van der Waals surface area contributed by atoms with Gasteiger partial charge in [-0.1, -0.05) is 146 Å². The Labute approximate surface area is 269 Å². The normalized spacial score (nSPS) is 17.2. The van der Waals surface area contributed by atoms with Crippen molar-refractivity contribution in [2.24, 2.45) is 0 Å². The summed E-state index contributed by atoms with van der Waals surface area (Å²) in [6.45, 7) is 2.32. The minimum Gasteiger partial charge on any atom is -0.457 e. The molecule has 7 aromatic carbocycles. The molecule has 46 heavy (non-hydrogen) atoms. The highest BCUT2D eigenvalue weighted by molar-refractivity contribution is 5.96. The van der Waals surface area contributed by atoms with E-state index in [0.29, 0.717) is 0 Å². The lowest BCUT2D eigenvalue weighted by molar-refractivity contribution is 0.427. The number of fused-ring (bicyclic) bond motifs is 12. The molecule has 7 aromatic rings. The molecule has 1 heteroatoms. The summed E-state index contributed by atoms with van der Waals surface area (Å²) < 4.78 is 6.66. The van der Waals surface area contributed by atoms with Gasteiger partial charge in [-0.3, -0.25) is 0 Å². The molecule has 1 heterocycles. The Morgan fingerprint density at radius 1 is 0.370 bits per heavy atom. The minimum atomic E-state index is -0.323. The van der Waals surface area contributed by atoms with Crippen molar-refractivity contribution >= 4 is 0 Å². The lowest BCUT2D eigenvalue weighted by Crippen LogP contribution is -2.29. The topological polar surface area (TPSA) is 9.23 Å². The van der Waals surface area contributed by atoms with Crippen LogP contribution >= 0.6 is 0 Å². The molecule has 1 aliphatic heterocycles. The molecule has 0 bridgehead atoms. The summed E-state index contributed by atoms with van der Waals surface area (Å²) in [7, 11) is 0. The van der Waals surface area contributed by atoms with Crippen LogP contribution in [0.2, 0.25) is 0 Å². The summed E-state index contributed by atoms with van der Waals surface area (Å²) in [5.41, 5.74) is 16.1. The summed E-state index contributed by atoms with van der Waals surface area (Å²) in [4.78, 5) is 0. The van der Waals surface area contributed by atoms with Crippen LogP contribution in [0.25, 0.3) is 33.4 Å². The Morgan fingerprint density at radius 3 is 1.48 bits per heavy atom. The highest BCUT2D eigenvalue weighted by atomic mass is 16.5. The maximum absolute atomic E-state index is 6.66. The summed E-state index contributed by atoms with van der Waals surface area (Å²) >= 11 is 0. The van der Waals surface area contributed by atoms with Crippen LogP contribution in [-0.2, 0) is 10.8 Å². The van der Waals surface area contributed by atoms with Crippen LogP contribution in [0.1, 0.15) is 45.9 Å². The molecular weight excluding hydrogens is 556 g/mol. The third kappa shape index (κ3) is 3.15. The maximum Gasteiger partial charge on any atom is 0.132 e. The SMILES string of the molecule is CC1(c2ccccc2)c2ccccc2Oc2cc(-c3ccc4c(c3)-c3ccccc3C43c4ccccc4-c4ccccc43)ccc21. The average molecular weight is 587 g/mol. The fourth-order valence-corrected chi connectivity index (χ4v) is 8.79. The van der Waals surface area contributed by atoms with E-state index in [0.717, 1.165) is 17.1 Å². The van der Waals surface area contributed by atoms with Crippen LogP contribution in [0.3, 0.4) is 0 Å². The van der Waals surface area contributed by atoms with Crippen LogP contribution in [0.4, 0.5) is 0 Å². The van der Waals surface area contributed by atoms with Gasteiger partial charge in [0.2, 0.25) is 0 Å². The van der Waals surface area contributed by atoms with Gasteiger partial charge in [0, 0.05) is 16.5 Å². The molecule has 0 N–H and O–H groups in total. The van der Waals surface area contributed by atoms with Crippen molar-refractivity contribution in [3.63, 3.8) is 0 Å². The maximum atomic E-state index is 6.66. The fraction of sp³-hybridized carbons (Fsp3) is 0.0667. The van der Waals surface area contributed by atoms with Gasteiger partial charge in [-0.05, 0) is 86.3 Å². The molecule has 10 rings (SSSR count). The minimum absolute atomic E-state index is 0.322. The lowest BCUT2D eigenvalue weighted by Gasteiger charge is -2.38. The summed E-state index contributed by atoms with van der Waals surface area (Å²) in [5.74, 6) is 1.83. The van der Waals surface area contributed by atoms with Crippen molar-refractivity contribution in [3.05, 3.63) is 203 Å². The largest absolute Gasteiger partial charge is 0.457 e. The molecule has 0 fully saturated rings. The van der Waals surface area contributed by atoms with Gasteiger partial charge in [0.1, 0.15) is 11.5 Å². The number of rotatable bonds is 2. The zero-order valence-corrected chi connectivity index (χ0v) is 25.5. The highest BCUT2D eigenvalue weighted by Gasteiger charge is 2.51. The van der Waals surface area contributed by atoms with E-state index in [-0.39, 0.29) is 10.8 Å². The van der Waals surface area contributed by atoms with Crippen LogP contribution < -0.4 is 4.74 Å². The van der Waals surface area contributed by atoms with Crippen molar-refractivity contribution in [2.45, 2.75) is 17.8 Å². The van der Waals surface area contributed by atoms with Crippen LogP contribution in [0.15, 0.2) is 164 Å². The van der Waals surface area contributed by atoms with Gasteiger partial charge in [0.15, 0.2) is 0 Å². The van der Waals surface area contributed by atoms with E-state index >= 15 is 0 Å². The number of ether oxygens (including phenoxy) is 1. The standard InChI is InChI=1S/C45H30O/c1-44(31-13-3-2-4-14-31)40-21-11-12-22-42(40)46-43-28-30(24-26-41(43)44)29-23-25-39-35(27-29)34-17-7-10-20-38(34)45(39)36-18-8-5-15-32(36)33-16-6-9-19-37(33)45/h2-28H,1H3. The Kier molecular flexibility index (Phi) is 5.12. The Hall–Kier alpha value is -5.66. The first-order valence-electron chi connectivity index (χ1n) is 16.1. The van der Waals surface area contributed by atoms with Crippen LogP contribution in [0, 0.1) is 0 Å². The molecule has 1 spiro atoms. The molecule has 216 valence electrons. The molecule has 0 aromatic heterocycles. The van der Waals surface area contributed by atoms with E-state index in [1.54, 1.807) is 0 Å². The van der Waals surface area contributed by atoms with Gasteiger partial charge in [0.25, 0.3) is 0 Å². The Bertz CT molecular complexity index is 2320. The van der Waals surface area contributed by atoms with Gasteiger partial charge < -0.3 is 4.74 Å². The highest BCUT2D eigenvalue weighted by Crippen LogP contribution is 2.63. The van der Waals surface area contributed by atoms with E-state index in [2.05, 4.69) is 171 Å². The van der Waals surface area contributed by atoms with Crippen molar-refractivity contribution in [1.29, 1.82) is 0 Å². The van der Waals surface area contributed by atoms with Crippen molar-refractivity contribution in [3.8, 4) is 44.9 Å². The molecule has 1 atom stereocenters. The number of hydrogen-bond donors (Lipinski definition) is 0. The lowest BCUT2D eigenvalue weighted by atomic mass is 9.69. The number of para-hydroxylation sites is 1. The predicted molar refractivity (Wildman–Crippen MR) is 187 cm³/mol. The Balaban J connectivity index is 1.17. The fourth-order valence-electron chi connectivity index (χ4n) is 8.79. The second-order valence-electron chi connectivity index (χ2n) is 12.9. The smallest absolute Gasteiger partial charge is 0.132 e. The number of hydrogen-bond acceptors (Lipinski definition) is 1. The molecule has 0 amide bonds. The summed E-state index contributed by atoms with van der Waals surface area (Å²) in [5, 5.41) is 0. The second-order valence-corrected chi connectivity index (χ2v) is 12.9. The van der Waals surface area contributed by atoms with E-state index in [1.807, 2.05) is 0 Å². The summed E-state index contributed by atoms with van der Waals surface area (Å²) in [6.07, 6.45) is 0. The second kappa shape index (κ2) is 9.19. The van der Waals surface area contributed by atoms with Crippen molar-refractivity contribution < 1.29 is 4.74 Å². The monoisotopic (exact) mass is 586 g/mol. The molecule has 0 saturated heterocycles. The first kappa shape index (κ1) is 25.6. The zero-order valence-electron chi connectivity index (χ0n) is 25.5. The molecule has 3 aliphatic rings. The van der Waals surface area contributed by atoms with Gasteiger partial charge in [-0.15, -0.1) is 0 Å². The first-order chi connectivity index (χ1) is 22.7.